The van der Waals surface area contributed by atoms with Crippen molar-refractivity contribution in [2.24, 2.45) is 0 Å². The lowest BCUT2D eigenvalue weighted by Gasteiger charge is -2.17. The Labute approximate surface area is 175 Å². The molecule has 30 heavy (non-hydrogen) atoms. The second-order valence-corrected chi connectivity index (χ2v) is 8.71. The van der Waals surface area contributed by atoms with Crippen LogP contribution >= 0.6 is 0 Å². The van der Waals surface area contributed by atoms with Crippen LogP contribution in [-0.2, 0) is 10.0 Å². The van der Waals surface area contributed by atoms with Crippen LogP contribution in [0.4, 0.5) is 11.5 Å². The number of H-pyrrole nitrogens is 1. The quantitative estimate of drug-likeness (QED) is 0.465. The number of hydrogen-bond donors (Lipinski definition) is 2. The molecule has 0 fully saturated rings. The lowest BCUT2D eigenvalue weighted by Crippen LogP contribution is -2.18. The standard InChI is InChI=1S/C22H23N5O2S/c1-3-13-27(2)20-14-16(9-11-23-20)18-15-25-22-21(18)19(10-12-24-22)26-30(28,29)17-7-5-4-6-8-17/h4-12,14-15H,3,13H2,1-2H3,(H2,24,25,26). The Balaban J connectivity index is 1.78. The SMILES string of the molecule is CCCN(C)c1cc(-c2c[nH]c3nccc(NS(=O)(=O)c4ccccc4)c23)ccn1. The summed E-state index contributed by atoms with van der Waals surface area (Å²) in [7, 11) is -1.72. The number of aromatic nitrogens is 3. The van der Waals surface area contributed by atoms with Crippen molar-refractivity contribution in [2.75, 3.05) is 23.2 Å². The zero-order chi connectivity index (χ0) is 21.1. The van der Waals surface area contributed by atoms with Crippen LogP contribution in [0.1, 0.15) is 13.3 Å². The molecule has 0 aliphatic rings. The van der Waals surface area contributed by atoms with E-state index in [1.54, 1.807) is 48.8 Å². The van der Waals surface area contributed by atoms with Crippen molar-refractivity contribution in [1.29, 1.82) is 0 Å². The van der Waals surface area contributed by atoms with E-state index in [0.717, 1.165) is 29.9 Å². The zero-order valence-electron chi connectivity index (χ0n) is 16.8. The maximum Gasteiger partial charge on any atom is 0.261 e. The number of anilines is 2. The maximum atomic E-state index is 12.9. The van der Waals surface area contributed by atoms with Gasteiger partial charge < -0.3 is 9.88 Å². The molecule has 1 aromatic carbocycles. The van der Waals surface area contributed by atoms with Gasteiger partial charge >= 0.3 is 0 Å². The monoisotopic (exact) mass is 421 g/mol. The summed E-state index contributed by atoms with van der Waals surface area (Å²) < 4.78 is 28.5. The topological polar surface area (TPSA) is 91.0 Å². The van der Waals surface area contributed by atoms with Gasteiger partial charge in [0.2, 0.25) is 0 Å². The number of aromatic amines is 1. The fourth-order valence-electron chi connectivity index (χ4n) is 3.42. The smallest absolute Gasteiger partial charge is 0.261 e. The number of sulfonamides is 1. The molecular formula is C22H23N5O2S. The van der Waals surface area contributed by atoms with E-state index in [1.807, 2.05) is 25.4 Å². The first-order chi connectivity index (χ1) is 14.5. The van der Waals surface area contributed by atoms with Crippen LogP contribution in [0.15, 0.2) is 72.0 Å². The molecule has 4 rings (SSSR count). The van der Waals surface area contributed by atoms with Crippen LogP contribution in [0.25, 0.3) is 22.2 Å². The second kappa shape index (κ2) is 8.16. The van der Waals surface area contributed by atoms with E-state index in [2.05, 4.69) is 31.5 Å². The highest BCUT2D eigenvalue weighted by atomic mass is 32.2. The summed E-state index contributed by atoms with van der Waals surface area (Å²) in [6.07, 6.45) is 6.21. The highest BCUT2D eigenvalue weighted by Crippen LogP contribution is 2.34. The van der Waals surface area contributed by atoms with E-state index in [-0.39, 0.29) is 4.90 Å². The number of pyridine rings is 2. The first-order valence-corrected chi connectivity index (χ1v) is 11.2. The van der Waals surface area contributed by atoms with E-state index in [1.165, 1.54) is 0 Å². The van der Waals surface area contributed by atoms with Crippen LogP contribution < -0.4 is 9.62 Å². The van der Waals surface area contributed by atoms with Gasteiger partial charge in [0.25, 0.3) is 10.0 Å². The summed E-state index contributed by atoms with van der Waals surface area (Å²) in [5, 5.41) is 0.715. The number of fused-ring (bicyclic) bond motifs is 1. The van der Waals surface area contributed by atoms with Crippen molar-refractivity contribution in [3.05, 3.63) is 67.1 Å². The summed E-state index contributed by atoms with van der Waals surface area (Å²) in [6, 6.07) is 13.9. The van der Waals surface area contributed by atoms with Gasteiger partial charge in [0, 0.05) is 37.7 Å². The highest BCUT2D eigenvalue weighted by molar-refractivity contribution is 7.92. The van der Waals surface area contributed by atoms with Crippen molar-refractivity contribution in [2.45, 2.75) is 18.2 Å². The molecule has 3 aromatic heterocycles. The fraction of sp³-hybridized carbons (Fsp3) is 0.182. The molecule has 0 radical (unpaired) electrons. The maximum absolute atomic E-state index is 12.9. The lowest BCUT2D eigenvalue weighted by molar-refractivity contribution is 0.601. The molecule has 0 unspecified atom stereocenters. The molecule has 7 nitrogen and oxygen atoms in total. The molecule has 0 atom stereocenters. The Hall–Kier alpha value is -3.39. The summed E-state index contributed by atoms with van der Waals surface area (Å²) in [5.74, 6) is 0.860. The average Bonchev–Trinajstić information content (AvgIpc) is 3.20. The Morgan fingerprint density at radius 3 is 2.60 bits per heavy atom. The van der Waals surface area contributed by atoms with Gasteiger partial charge in [-0.05, 0) is 42.3 Å². The van der Waals surface area contributed by atoms with Crippen LogP contribution in [0.5, 0.6) is 0 Å². The van der Waals surface area contributed by atoms with Crippen molar-refractivity contribution >= 4 is 32.6 Å². The first kappa shape index (κ1) is 19.9. The summed E-state index contributed by atoms with van der Waals surface area (Å²) in [6.45, 7) is 3.02. The van der Waals surface area contributed by atoms with Gasteiger partial charge in [-0.15, -0.1) is 0 Å². The fourth-order valence-corrected chi connectivity index (χ4v) is 4.51. The minimum absolute atomic E-state index is 0.208. The third-order valence-electron chi connectivity index (χ3n) is 4.88. The van der Waals surface area contributed by atoms with Gasteiger partial charge in [-0.2, -0.15) is 0 Å². The molecule has 0 bridgehead atoms. The van der Waals surface area contributed by atoms with Crippen LogP contribution in [-0.4, -0.2) is 37.0 Å². The van der Waals surface area contributed by atoms with Crippen molar-refractivity contribution in [1.82, 2.24) is 15.0 Å². The molecule has 4 aromatic rings. The van der Waals surface area contributed by atoms with Gasteiger partial charge in [-0.3, -0.25) is 4.72 Å². The molecule has 0 saturated heterocycles. The summed E-state index contributed by atoms with van der Waals surface area (Å²) >= 11 is 0. The minimum Gasteiger partial charge on any atom is -0.360 e. The number of nitrogens with zero attached hydrogens (tertiary/aromatic N) is 3. The summed E-state index contributed by atoms with van der Waals surface area (Å²) in [5.41, 5.74) is 2.87. The average molecular weight is 422 g/mol. The molecular weight excluding hydrogens is 398 g/mol. The van der Waals surface area contributed by atoms with Gasteiger partial charge in [-0.25, -0.2) is 18.4 Å². The molecule has 0 saturated carbocycles. The number of nitrogens with one attached hydrogen (secondary N) is 2. The largest absolute Gasteiger partial charge is 0.360 e. The van der Waals surface area contributed by atoms with E-state index in [0.29, 0.717) is 16.7 Å². The third-order valence-corrected chi connectivity index (χ3v) is 6.26. The Bertz CT molecular complexity index is 1270. The Morgan fingerprint density at radius 2 is 1.83 bits per heavy atom. The predicted molar refractivity (Wildman–Crippen MR) is 120 cm³/mol. The van der Waals surface area contributed by atoms with Crippen LogP contribution in [0.2, 0.25) is 0 Å². The van der Waals surface area contributed by atoms with E-state index in [9.17, 15) is 8.42 Å². The third kappa shape index (κ3) is 3.86. The molecule has 8 heteroatoms. The molecule has 154 valence electrons. The summed E-state index contributed by atoms with van der Waals surface area (Å²) in [4.78, 5) is 14.3. The van der Waals surface area contributed by atoms with Gasteiger partial charge in [0.15, 0.2) is 0 Å². The molecule has 0 aliphatic heterocycles. The predicted octanol–water partition coefficient (Wildman–Crippen LogP) is 4.27. The Morgan fingerprint density at radius 1 is 1.07 bits per heavy atom. The zero-order valence-corrected chi connectivity index (χ0v) is 17.6. The van der Waals surface area contributed by atoms with Crippen LogP contribution in [0, 0.1) is 0 Å². The van der Waals surface area contributed by atoms with Gasteiger partial charge in [-0.1, -0.05) is 25.1 Å². The number of benzene rings is 1. The number of rotatable bonds is 7. The van der Waals surface area contributed by atoms with Crippen LogP contribution in [0.3, 0.4) is 0 Å². The lowest BCUT2D eigenvalue weighted by atomic mass is 10.1. The van der Waals surface area contributed by atoms with Gasteiger partial charge in [0.1, 0.15) is 11.5 Å². The van der Waals surface area contributed by atoms with Crippen molar-refractivity contribution in [3.8, 4) is 11.1 Å². The molecule has 3 heterocycles. The first-order valence-electron chi connectivity index (χ1n) is 9.71. The molecule has 0 amide bonds. The minimum atomic E-state index is -3.72. The van der Waals surface area contributed by atoms with Crippen molar-refractivity contribution < 1.29 is 8.42 Å². The molecule has 0 aliphatic carbocycles. The van der Waals surface area contributed by atoms with E-state index in [4.69, 9.17) is 0 Å². The van der Waals surface area contributed by atoms with Gasteiger partial charge in [0.05, 0.1) is 16.0 Å². The number of hydrogen-bond acceptors (Lipinski definition) is 5. The molecule has 0 spiro atoms. The second-order valence-electron chi connectivity index (χ2n) is 7.03. The normalized spacial score (nSPS) is 11.5. The van der Waals surface area contributed by atoms with Crippen molar-refractivity contribution in [3.63, 3.8) is 0 Å². The Kier molecular flexibility index (Phi) is 5.41. The molecule has 2 N–H and O–H groups in total. The van der Waals surface area contributed by atoms with E-state index < -0.39 is 10.0 Å². The highest BCUT2D eigenvalue weighted by Gasteiger charge is 2.18. The van der Waals surface area contributed by atoms with E-state index >= 15 is 0 Å².